The van der Waals surface area contributed by atoms with E-state index in [2.05, 4.69) is 25.5 Å². The Kier molecular flexibility index (Phi) is 4.33. The van der Waals surface area contributed by atoms with E-state index in [0.29, 0.717) is 12.2 Å². The van der Waals surface area contributed by atoms with Gasteiger partial charge in [-0.3, -0.25) is 14.6 Å². The van der Waals surface area contributed by atoms with Crippen LogP contribution in [-0.4, -0.2) is 26.1 Å². The summed E-state index contributed by atoms with van der Waals surface area (Å²) in [5.74, 6) is 0.250. The minimum Gasteiger partial charge on any atom is -0.348 e. The molecular weight excluding hydrogens is 306 g/mol. The Balaban J connectivity index is 1.83. The number of fused-ring (bicyclic) bond motifs is 1. The van der Waals surface area contributed by atoms with Gasteiger partial charge in [0.2, 0.25) is 5.91 Å². The molecule has 0 radical (unpaired) electrons. The van der Waals surface area contributed by atoms with Crippen LogP contribution in [0.25, 0.3) is 10.9 Å². The summed E-state index contributed by atoms with van der Waals surface area (Å²) in [6.07, 6.45) is 2.21. The van der Waals surface area contributed by atoms with E-state index >= 15 is 0 Å². The second-order valence-corrected chi connectivity index (χ2v) is 5.62. The molecule has 0 fully saturated rings. The van der Waals surface area contributed by atoms with Gasteiger partial charge in [0.1, 0.15) is 11.5 Å². The van der Waals surface area contributed by atoms with Gasteiger partial charge < -0.3 is 10.3 Å². The monoisotopic (exact) mass is 323 g/mol. The summed E-state index contributed by atoms with van der Waals surface area (Å²) < 4.78 is 0. The third kappa shape index (κ3) is 3.45. The molecule has 0 bridgehead atoms. The molecule has 2 aromatic heterocycles. The second kappa shape index (κ2) is 6.57. The van der Waals surface area contributed by atoms with Crippen LogP contribution < -0.4 is 10.9 Å². The van der Waals surface area contributed by atoms with Crippen molar-refractivity contribution >= 4 is 16.8 Å². The van der Waals surface area contributed by atoms with Crippen molar-refractivity contribution in [3.05, 3.63) is 64.0 Å². The molecule has 7 nitrogen and oxygen atoms in total. The summed E-state index contributed by atoms with van der Waals surface area (Å²) in [6.45, 7) is 3.08. The summed E-state index contributed by atoms with van der Waals surface area (Å²) in [5, 5.41) is 11.7. The lowest BCUT2D eigenvalue weighted by Crippen LogP contribution is -2.31. The molecule has 0 saturated carbocycles. The smallest absolute Gasteiger partial charge is 0.275 e. The second-order valence-electron chi connectivity index (χ2n) is 5.62. The topological polar surface area (TPSA) is 101 Å². The normalized spacial score (nSPS) is 12.1. The van der Waals surface area contributed by atoms with Crippen molar-refractivity contribution in [3.8, 4) is 0 Å². The summed E-state index contributed by atoms with van der Waals surface area (Å²) in [6, 6.07) is 9.27. The van der Waals surface area contributed by atoms with Crippen LogP contribution in [0.4, 0.5) is 0 Å². The average molecular weight is 323 g/mol. The zero-order valence-corrected chi connectivity index (χ0v) is 13.4. The van der Waals surface area contributed by atoms with E-state index in [4.69, 9.17) is 0 Å². The molecule has 1 amide bonds. The van der Waals surface area contributed by atoms with Gasteiger partial charge in [0.15, 0.2) is 0 Å². The zero-order chi connectivity index (χ0) is 17.1. The first kappa shape index (κ1) is 15.8. The van der Waals surface area contributed by atoms with Crippen molar-refractivity contribution in [1.82, 2.24) is 25.5 Å². The Morgan fingerprint density at radius 3 is 2.88 bits per heavy atom. The van der Waals surface area contributed by atoms with Crippen molar-refractivity contribution < 1.29 is 4.79 Å². The molecule has 2 N–H and O–H groups in total. The Morgan fingerprint density at radius 1 is 1.29 bits per heavy atom. The van der Waals surface area contributed by atoms with Crippen molar-refractivity contribution in [2.24, 2.45) is 0 Å². The number of hydrogen-bond donors (Lipinski definition) is 2. The first-order valence-electron chi connectivity index (χ1n) is 7.59. The number of rotatable bonds is 4. The van der Waals surface area contributed by atoms with E-state index in [1.807, 2.05) is 30.3 Å². The fourth-order valence-corrected chi connectivity index (χ4v) is 2.54. The summed E-state index contributed by atoms with van der Waals surface area (Å²) >= 11 is 0. The number of hydrogen-bond acceptors (Lipinski definition) is 5. The van der Waals surface area contributed by atoms with Crippen LogP contribution in [-0.2, 0) is 11.2 Å². The molecule has 1 unspecified atom stereocenters. The Hall–Kier alpha value is -3.09. The van der Waals surface area contributed by atoms with Crippen LogP contribution in [0.3, 0.4) is 0 Å². The van der Waals surface area contributed by atoms with Gasteiger partial charge in [-0.1, -0.05) is 12.1 Å². The summed E-state index contributed by atoms with van der Waals surface area (Å²) in [5.41, 5.74) is 1.77. The SMILES string of the molecule is CC(=O)NC(C)c1nnc(Cc2ccc3ncccc3c2)[nH]c1=O. The minimum absolute atomic E-state index is 0.191. The maximum absolute atomic E-state index is 12.1. The molecule has 7 heteroatoms. The highest BCUT2D eigenvalue weighted by Crippen LogP contribution is 2.15. The highest BCUT2D eigenvalue weighted by atomic mass is 16.1. The fraction of sp³-hybridized carbons (Fsp3) is 0.235. The largest absolute Gasteiger partial charge is 0.348 e. The van der Waals surface area contributed by atoms with Crippen LogP contribution in [0.2, 0.25) is 0 Å². The lowest BCUT2D eigenvalue weighted by molar-refractivity contribution is -0.119. The first-order chi connectivity index (χ1) is 11.5. The molecule has 0 saturated heterocycles. The quantitative estimate of drug-likeness (QED) is 0.758. The Labute approximate surface area is 138 Å². The molecule has 3 aromatic rings. The highest BCUT2D eigenvalue weighted by Gasteiger charge is 2.14. The number of amides is 1. The molecule has 2 heterocycles. The van der Waals surface area contributed by atoms with Gasteiger partial charge in [-0.2, -0.15) is 0 Å². The number of aromatic nitrogens is 4. The number of pyridine rings is 1. The van der Waals surface area contributed by atoms with Gasteiger partial charge in [-0.15, -0.1) is 10.2 Å². The lowest BCUT2D eigenvalue weighted by Gasteiger charge is -2.10. The van der Waals surface area contributed by atoms with E-state index in [-0.39, 0.29) is 17.2 Å². The third-order valence-corrected chi connectivity index (χ3v) is 3.64. The van der Waals surface area contributed by atoms with E-state index in [1.54, 1.807) is 13.1 Å². The molecular formula is C17H17N5O2. The predicted octanol–water partition coefficient (Wildman–Crippen LogP) is 1.50. The molecule has 24 heavy (non-hydrogen) atoms. The number of nitrogens with one attached hydrogen (secondary N) is 2. The van der Waals surface area contributed by atoms with Gasteiger partial charge in [0.25, 0.3) is 5.56 Å². The van der Waals surface area contributed by atoms with Crippen LogP contribution in [0.15, 0.2) is 41.3 Å². The minimum atomic E-state index is -0.487. The number of nitrogens with zero attached hydrogens (tertiary/aromatic N) is 3. The van der Waals surface area contributed by atoms with Crippen molar-refractivity contribution in [2.45, 2.75) is 26.3 Å². The maximum atomic E-state index is 12.1. The summed E-state index contributed by atoms with van der Waals surface area (Å²) in [7, 11) is 0. The highest BCUT2D eigenvalue weighted by molar-refractivity contribution is 5.79. The van der Waals surface area contributed by atoms with Gasteiger partial charge >= 0.3 is 0 Å². The van der Waals surface area contributed by atoms with Gasteiger partial charge in [-0.25, -0.2) is 0 Å². The number of aromatic amines is 1. The van der Waals surface area contributed by atoms with E-state index in [1.165, 1.54) is 6.92 Å². The molecule has 3 rings (SSSR count). The third-order valence-electron chi connectivity index (χ3n) is 3.64. The van der Waals surface area contributed by atoms with Crippen LogP contribution in [0.5, 0.6) is 0 Å². The van der Waals surface area contributed by atoms with Gasteiger partial charge in [0, 0.05) is 24.9 Å². The average Bonchev–Trinajstić information content (AvgIpc) is 2.54. The van der Waals surface area contributed by atoms with Crippen LogP contribution in [0, 0.1) is 0 Å². The molecule has 0 aliphatic carbocycles. The fourth-order valence-electron chi connectivity index (χ4n) is 2.54. The Morgan fingerprint density at radius 2 is 2.12 bits per heavy atom. The van der Waals surface area contributed by atoms with Gasteiger partial charge in [-0.05, 0) is 30.7 Å². The first-order valence-corrected chi connectivity index (χ1v) is 7.59. The number of benzene rings is 1. The molecule has 1 atom stereocenters. The van der Waals surface area contributed by atoms with Crippen molar-refractivity contribution in [3.63, 3.8) is 0 Å². The number of carbonyl (C=O) groups is 1. The van der Waals surface area contributed by atoms with E-state index in [9.17, 15) is 9.59 Å². The maximum Gasteiger partial charge on any atom is 0.275 e. The van der Waals surface area contributed by atoms with E-state index in [0.717, 1.165) is 16.5 Å². The van der Waals surface area contributed by atoms with E-state index < -0.39 is 6.04 Å². The molecule has 1 aromatic carbocycles. The number of carbonyl (C=O) groups excluding carboxylic acids is 1. The lowest BCUT2D eigenvalue weighted by atomic mass is 10.1. The van der Waals surface area contributed by atoms with Crippen LogP contribution >= 0.6 is 0 Å². The number of H-pyrrole nitrogens is 1. The predicted molar refractivity (Wildman–Crippen MR) is 89.4 cm³/mol. The molecule has 0 aliphatic heterocycles. The molecule has 122 valence electrons. The standard InChI is InChI=1S/C17H17N5O2/c1-10(19-11(2)23)16-17(24)20-15(21-22-16)9-12-5-6-14-13(8-12)4-3-7-18-14/h3-8,10H,9H2,1-2H3,(H,19,23)(H,20,21,24). The zero-order valence-electron chi connectivity index (χ0n) is 13.4. The van der Waals surface area contributed by atoms with Crippen molar-refractivity contribution in [1.29, 1.82) is 0 Å². The molecule has 0 spiro atoms. The van der Waals surface area contributed by atoms with Crippen LogP contribution in [0.1, 0.15) is 37.0 Å². The molecule has 0 aliphatic rings. The summed E-state index contributed by atoms with van der Waals surface area (Å²) in [4.78, 5) is 30.2. The van der Waals surface area contributed by atoms with Gasteiger partial charge in [0.05, 0.1) is 11.6 Å². The Bertz CT molecular complexity index is 951. The van der Waals surface area contributed by atoms with Crippen molar-refractivity contribution in [2.75, 3.05) is 0 Å².